The first-order chi connectivity index (χ1) is 7.10. The summed E-state index contributed by atoms with van der Waals surface area (Å²) < 4.78 is 0. The number of benzene rings is 1. The predicted octanol–water partition coefficient (Wildman–Crippen LogP) is 1.65. The highest BCUT2D eigenvalue weighted by atomic mass is 16.1. The van der Waals surface area contributed by atoms with Gasteiger partial charge in [0.15, 0.2) is 12.1 Å². The molecule has 0 bridgehead atoms. The van der Waals surface area contributed by atoms with Gasteiger partial charge in [-0.05, 0) is 43.7 Å². The predicted molar refractivity (Wildman–Crippen MR) is 59.3 cm³/mol. The molecule has 0 saturated carbocycles. The first kappa shape index (κ1) is 11.6. The molecule has 0 saturated heterocycles. The molecule has 0 aliphatic carbocycles. The van der Waals surface area contributed by atoms with E-state index in [-0.39, 0.29) is 12.2 Å². The molecule has 0 spiro atoms. The molecule has 0 heterocycles. The van der Waals surface area contributed by atoms with Crippen molar-refractivity contribution in [2.24, 2.45) is 5.73 Å². The smallest absolute Gasteiger partial charge is 0.164 e. The third kappa shape index (κ3) is 2.50. The molecule has 2 N–H and O–H groups in total. The number of carbonyl (C=O) groups is 2. The van der Waals surface area contributed by atoms with Gasteiger partial charge in [0, 0.05) is 17.5 Å². The molecular formula is C12H15NO2. The monoisotopic (exact) mass is 205 g/mol. The summed E-state index contributed by atoms with van der Waals surface area (Å²) in [4.78, 5) is 22.5. The number of hydrogen-bond acceptors (Lipinski definition) is 3. The first-order valence-electron chi connectivity index (χ1n) is 4.90. The van der Waals surface area contributed by atoms with E-state index in [9.17, 15) is 9.59 Å². The lowest BCUT2D eigenvalue weighted by Crippen LogP contribution is -2.10. The second-order valence-corrected chi connectivity index (χ2v) is 3.60. The third-order valence-corrected chi connectivity index (χ3v) is 2.46. The number of aldehydes is 1. The molecule has 1 aromatic rings. The summed E-state index contributed by atoms with van der Waals surface area (Å²) in [7, 11) is 0. The van der Waals surface area contributed by atoms with Crippen molar-refractivity contribution in [3.63, 3.8) is 0 Å². The van der Waals surface area contributed by atoms with Crippen molar-refractivity contribution in [1.82, 2.24) is 0 Å². The van der Waals surface area contributed by atoms with Crippen LogP contribution in [0.25, 0.3) is 0 Å². The zero-order valence-electron chi connectivity index (χ0n) is 9.04. The minimum absolute atomic E-state index is 0.0669. The molecule has 0 amide bonds. The topological polar surface area (TPSA) is 60.2 Å². The summed E-state index contributed by atoms with van der Waals surface area (Å²) in [6.45, 7) is 4.15. The van der Waals surface area contributed by atoms with Crippen LogP contribution in [0.15, 0.2) is 12.1 Å². The molecule has 1 rings (SSSR count). The van der Waals surface area contributed by atoms with Crippen LogP contribution in [-0.4, -0.2) is 18.6 Å². The van der Waals surface area contributed by atoms with Crippen LogP contribution >= 0.6 is 0 Å². The van der Waals surface area contributed by atoms with E-state index in [2.05, 4.69) is 0 Å². The number of Topliss-reactive ketones (excluding diaryl/α,β-unsaturated/α-hetero) is 1. The molecule has 0 atom stereocenters. The fourth-order valence-electron chi connectivity index (χ4n) is 1.44. The Morgan fingerprint density at radius 1 is 1.33 bits per heavy atom. The van der Waals surface area contributed by atoms with Crippen molar-refractivity contribution < 1.29 is 9.59 Å². The summed E-state index contributed by atoms with van der Waals surface area (Å²) in [6.07, 6.45) is 1.000. The zero-order valence-corrected chi connectivity index (χ0v) is 9.04. The Labute approximate surface area is 89.3 Å². The molecule has 80 valence electrons. The van der Waals surface area contributed by atoms with Crippen LogP contribution in [0.2, 0.25) is 0 Å². The van der Waals surface area contributed by atoms with Gasteiger partial charge in [-0.1, -0.05) is 0 Å². The Morgan fingerprint density at radius 3 is 2.47 bits per heavy atom. The Hall–Kier alpha value is -1.48. The lowest BCUT2D eigenvalue weighted by molar-refractivity contribution is 0.0979. The minimum Gasteiger partial charge on any atom is -0.330 e. The van der Waals surface area contributed by atoms with Crippen LogP contribution < -0.4 is 5.73 Å². The van der Waals surface area contributed by atoms with Crippen LogP contribution in [0.5, 0.6) is 0 Å². The maximum atomic E-state index is 11.6. The summed E-state index contributed by atoms with van der Waals surface area (Å²) in [5.74, 6) is -0.0669. The summed E-state index contributed by atoms with van der Waals surface area (Å²) >= 11 is 0. The molecule has 0 fully saturated rings. The fourth-order valence-corrected chi connectivity index (χ4v) is 1.44. The van der Waals surface area contributed by atoms with Crippen molar-refractivity contribution in [1.29, 1.82) is 0 Å². The van der Waals surface area contributed by atoms with E-state index in [0.29, 0.717) is 17.7 Å². The maximum absolute atomic E-state index is 11.6. The molecule has 0 aromatic heterocycles. The number of carbonyl (C=O) groups excluding carboxylic acids is 2. The number of nitrogens with two attached hydrogens (primary N) is 1. The van der Waals surface area contributed by atoms with Crippen LogP contribution in [0.3, 0.4) is 0 Å². The van der Waals surface area contributed by atoms with Crippen LogP contribution in [0.1, 0.15) is 38.3 Å². The van der Waals surface area contributed by atoms with E-state index in [1.54, 1.807) is 12.1 Å². The zero-order chi connectivity index (χ0) is 11.4. The van der Waals surface area contributed by atoms with Gasteiger partial charge in [-0.3, -0.25) is 9.59 Å². The molecule has 0 aliphatic heterocycles. The summed E-state index contributed by atoms with van der Waals surface area (Å²) in [6, 6.07) is 3.50. The maximum Gasteiger partial charge on any atom is 0.164 e. The van der Waals surface area contributed by atoms with Gasteiger partial charge in [-0.2, -0.15) is 0 Å². The molecular weight excluding hydrogens is 190 g/mol. The first-order valence-corrected chi connectivity index (χ1v) is 4.90. The number of rotatable bonds is 4. The van der Waals surface area contributed by atoms with Crippen LogP contribution in [-0.2, 0) is 0 Å². The van der Waals surface area contributed by atoms with Gasteiger partial charge < -0.3 is 5.73 Å². The van der Waals surface area contributed by atoms with E-state index < -0.39 is 0 Å². The van der Waals surface area contributed by atoms with Gasteiger partial charge in [-0.15, -0.1) is 0 Å². The Morgan fingerprint density at radius 2 is 1.93 bits per heavy atom. The largest absolute Gasteiger partial charge is 0.330 e. The SMILES string of the molecule is Cc1cc(C=O)c(C(=O)CCN)cc1C. The van der Waals surface area contributed by atoms with Crippen LogP contribution in [0.4, 0.5) is 0 Å². The molecule has 3 heteroatoms. The molecule has 0 unspecified atom stereocenters. The second-order valence-electron chi connectivity index (χ2n) is 3.60. The Bertz CT molecular complexity index is 397. The Balaban J connectivity index is 3.21. The highest BCUT2D eigenvalue weighted by Gasteiger charge is 2.11. The number of ketones is 1. The molecule has 15 heavy (non-hydrogen) atoms. The van der Waals surface area contributed by atoms with Crippen molar-refractivity contribution in [3.8, 4) is 0 Å². The molecule has 0 aliphatic rings. The highest BCUT2D eigenvalue weighted by molar-refractivity contribution is 6.03. The van der Waals surface area contributed by atoms with Crippen LogP contribution in [0, 0.1) is 13.8 Å². The second kappa shape index (κ2) is 4.84. The average Bonchev–Trinajstić information content (AvgIpc) is 2.21. The normalized spacial score (nSPS) is 10.1. The van der Waals surface area contributed by atoms with E-state index in [4.69, 9.17) is 5.73 Å². The van der Waals surface area contributed by atoms with Gasteiger partial charge in [0.05, 0.1) is 0 Å². The Kier molecular flexibility index (Phi) is 3.74. The quantitative estimate of drug-likeness (QED) is 0.600. The third-order valence-electron chi connectivity index (χ3n) is 2.46. The molecule has 0 radical (unpaired) electrons. The van der Waals surface area contributed by atoms with Gasteiger partial charge in [0.1, 0.15) is 0 Å². The van der Waals surface area contributed by atoms with E-state index in [0.717, 1.165) is 17.4 Å². The van der Waals surface area contributed by atoms with Crippen molar-refractivity contribution in [2.45, 2.75) is 20.3 Å². The van der Waals surface area contributed by atoms with Crippen molar-refractivity contribution >= 4 is 12.1 Å². The van der Waals surface area contributed by atoms with Crippen molar-refractivity contribution in [3.05, 3.63) is 34.4 Å². The van der Waals surface area contributed by atoms with Gasteiger partial charge >= 0.3 is 0 Å². The summed E-state index contributed by atoms with van der Waals surface area (Å²) in [5, 5.41) is 0. The lowest BCUT2D eigenvalue weighted by atomic mass is 9.97. The van der Waals surface area contributed by atoms with E-state index in [1.165, 1.54) is 0 Å². The lowest BCUT2D eigenvalue weighted by Gasteiger charge is -2.07. The van der Waals surface area contributed by atoms with Gasteiger partial charge in [0.2, 0.25) is 0 Å². The standard InChI is InChI=1S/C12H15NO2/c1-8-5-10(7-14)11(6-9(8)2)12(15)3-4-13/h5-7H,3-4,13H2,1-2H3. The van der Waals surface area contributed by atoms with E-state index >= 15 is 0 Å². The summed E-state index contributed by atoms with van der Waals surface area (Å²) in [5.41, 5.74) is 8.29. The van der Waals surface area contributed by atoms with E-state index in [1.807, 2.05) is 13.8 Å². The number of aryl methyl sites for hydroxylation is 2. The number of hydrogen-bond donors (Lipinski definition) is 1. The molecule has 1 aromatic carbocycles. The average molecular weight is 205 g/mol. The highest BCUT2D eigenvalue weighted by Crippen LogP contribution is 2.16. The van der Waals surface area contributed by atoms with Gasteiger partial charge in [-0.25, -0.2) is 0 Å². The van der Waals surface area contributed by atoms with Gasteiger partial charge in [0.25, 0.3) is 0 Å². The minimum atomic E-state index is -0.0669. The van der Waals surface area contributed by atoms with Crippen molar-refractivity contribution in [2.75, 3.05) is 6.54 Å². The fraction of sp³-hybridized carbons (Fsp3) is 0.333. The molecule has 3 nitrogen and oxygen atoms in total.